The molecule has 8 nitrogen and oxygen atoms in total. The van der Waals surface area contributed by atoms with Crippen molar-refractivity contribution in [2.45, 2.75) is 25.5 Å². The summed E-state index contributed by atoms with van der Waals surface area (Å²) in [5.74, 6) is 0.418. The van der Waals surface area contributed by atoms with Gasteiger partial charge in [0.15, 0.2) is 11.5 Å². The summed E-state index contributed by atoms with van der Waals surface area (Å²) in [6.45, 7) is 1.11. The predicted octanol–water partition coefficient (Wildman–Crippen LogP) is 3.66. The van der Waals surface area contributed by atoms with Gasteiger partial charge >= 0.3 is 0 Å². The fourth-order valence-corrected chi connectivity index (χ4v) is 3.65. The third kappa shape index (κ3) is 4.15. The first kappa shape index (κ1) is 20.1. The predicted molar refractivity (Wildman–Crippen MR) is 118 cm³/mol. The molecule has 2 aromatic carbocycles. The van der Waals surface area contributed by atoms with Crippen LogP contribution in [0.1, 0.15) is 18.4 Å². The minimum Gasteiger partial charge on any atom is -0.368 e. The van der Waals surface area contributed by atoms with Gasteiger partial charge in [-0.1, -0.05) is 24.3 Å². The fourth-order valence-electron chi connectivity index (χ4n) is 3.65. The number of ether oxygens (including phenoxy) is 1. The van der Waals surface area contributed by atoms with Gasteiger partial charge in [-0.25, -0.2) is 4.39 Å². The number of fused-ring (bicyclic) bond motifs is 1. The monoisotopic (exact) mass is 432 g/mol. The van der Waals surface area contributed by atoms with E-state index in [0.717, 1.165) is 18.4 Å². The van der Waals surface area contributed by atoms with Crippen molar-refractivity contribution in [3.63, 3.8) is 0 Å². The highest BCUT2D eigenvalue weighted by Gasteiger charge is 2.23. The molecule has 4 aromatic rings. The molecular weight excluding hydrogens is 411 g/mol. The molecule has 0 spiro atoms. The largest absolute Gasteiger partial charge is 0.368 e. The molecule has 162 valence electrons. The highest BCUT2D eigenvalue weighted by molar-refractivity contribution is 5.94. The Hall–Kier alpha value is -3.85. The number of halogens is 1. The Morgan fingerprint density at radius 3 is 2.88 bits per heavy atom. The average Bonchev–Trinajstić information content (AvgIpc) is 3.49. The van der Waals surface area contributed by atoms with Gasteiger partial charge in [0.2, 0.25) is 0 Å². The van der Waals surface area contributed by atoms with E-state index in [4.69, 9.17) is 4.74 Å². The van der Waals surface area contributed by atoms with Crippen LogP contribution in [0.4, 0.5) is 15.9 Å². The zero-order chi connectivity index (χ0) is 21.9. The minimum absolute atomic E-state index is 0.118. The summed E-state index contributed by atoms with van der Waals surface area (Å²) in [6, 6.07) is 17.5. The summed E-state index contributed by atoms with van der Waals surface area (Å²) >= 11 is 0. The van der Waals surface area contributed by atoms with Crippen LogP contribution in [0, 0.1) is 5.82 Å². The molecule has 1 amide bonds. The second-order valence-corrected chi connectivity index (χ2v) is 7.54. The number of nitrogens with one attached hydrogen (secondary N) is 2. The van der Waals surface area contributed by atoms with Gasteiger partial charge < -0.3 is 15.4 Å². The van der Waals surface area contributed by atoms with Crippen molar-refractivity contribution < 1.29 is 13.9 Å². The number of nitrogens with zero attached hydrogens (tertiary/aromatic N) is 4. The lowest BCUT2D eigenvalue weighted by Crippen LogP contribution is -2.26. The maximum atomic E-state index is 14.2. The van der Waals surface area contributed by atoms with Gasteiger partial charge in [0.1, 0.15) is 17.7 Å². The number of carbonyl (C=O) groups excluding carboxylic acids is 1. The molecule has 32 heavy (non-hydrogen) atoms. The zero-order valence-electron chi connectivity index (χ0n) is 17.2. The molecule has 0 bridgehead atoms. The lowest BCUT2D eigenvalue weighted by atomic mass is 10.2. The number of carbonyl (C=O) groups is 1. The van der Waals surface area contributed by atoms with Crippen molar-refractivity contribution in [1.82, 2.24) is 19.8 Å². The molecule has 0 saturated carbocycles. The summed E-state index contributed by atoms with van der Waals surface area (Å²) in [5, 5.41) is 18.8. The van der Waals surface area contributed by atoms with Crippen LogP contribution in [0.3, 0.4) is 0 Å². The summed E-state index contributed by atoms with van der Waals surface area (Å²) in [6.07, 6.45) is 1.28. The SMILES string of the molecule is O=C(Nc1cccc(CNc2ccc3nnc(-c4ccccc4F)n3n2)c1)C1CCCO1. The molecule has 1 fully saturated rings. The van der Waals surface area contributed by atoms with Crippen LogP contribution in [0.2, 0.25) is 0 Å². The van der Waals surface area contributed by atoms with Gasteiger partial charge in [0.05, 0.1) is 5.56 Å². The smallest absolute Gasteiger partial charge is 0.253 e. The molecule has 2 N–H and O–H groups in total. The number of hydrogen-bond acceptors (Lipinski definition) is 6. The topological polar surface area (TPSA) is 93.4 Å². The van der Waals surface area contributed by atoms with Crippen molar-refractivity contribution in [3.8, 4) is 11.4 Å². The van der Waals surface area contributed by atoms with Crippen molar-refractivity contribution in [3.05, 3.63) is 72.0 Å². The van der Waals surface area contributed by atoms with E-state index in [0.29, 0.717) is 41.7 Å². The third-order valence-corrected chi connectivity index (χ3v) is 5.27. The summed E-state index contributed by atoms with van der Waals surface area (Å²) in [7, 11) is 0. The number of amides is 1. The summed E-state index contributed by atoms with van der Waals surface area (Å²) < 4.78 is 21.2. The second-order valence-electron chi connectivity index (χ2n) is 7.54. The Balaban J connectivity index is 1.31. The Morgan fingerprint density at radius 2 is 2.03 bits per heavy atom. The van der Waals surface area contributed by atoms with Crippen molar-refractivity contribution in [2.24, 2.45) is 0 Å². The number of aromatic nitrogens is 4. The first-order valence-corrected chi connectivity index (χ1v) is 10.4. The lowest BCUT2D eigenvalue weighted by molar-refractivity contribution is -0.124. The molecule has 1 atom stereocenters. The van der Waals surface area contributed by atoms with E-state index in [-0.39, 0.29) is 17.8 Å². The van der Waals surface area contributed by atoms with Crippen LogP contribution in [0.5, 0.6) is 0 Å². The first-order valence-electron chi connectivity index (χ1n) is 10.4. The number of hydrogen-bond donors (Lipinski definition) is 2. The normalized spacial score (nSPS) is 15.7. The van der Waals surface area contributed by atoms with Crippen LogP contribution in [-0.4, -0.2) is 38.4 Å². The van der Waals surface area contributed by atoms with Gasteiger partial charge in [0, 0.05) is 18.8 Å². The van der Waals surface area contributed by atoms with E-state index in [2.05, 4.69) is 25.9 Å². The van der Waals surface area contributed by atoms with Crippen molar-refractivity contribution in [1.29, 1.82) is 0 Å². The number of anilines is 2. The van der Waals surface area contributed by atoms with Gasteiger partial charge in [-0.05, 0) is 54.8 Å². The molecule has 3 heterocycles. The first-order chi connectivity index (χ1) is 15.7. The van der Waals surface area contributed by atoms with Crippen LogP contribution < -0.4 is 10.6 Å². The molecule has 5 rings (SSSR count). The van der Waals surface area contributed by atoms with E-state index < -0.39 is 0 Å². The van der Waals surface area contributed by atoms with Crippen LogP contribution >= 0.6 is 0 Å². The van der Waals surface area contributed by atoms with E-state index in [1.165, 1.54) is 10.6 Å². The van der Waals surface area contributed by atoms with E-state index >= 15 is 0 Å². The number of benzene rings is 2. The highest BCUT2D eigenvalue weighted by atomic mass is 19.1. The van der Waals surface area contributed by atoms with E-state index in [1.807, 2.05) is 24.3 Å². The molecule has 2 aromatic heterocycles. The Labute approximate surface area is 183 Å². The van der Waals surface area contributed by atoms with Crippen molar-refractivity contribution >= 4 is 23.1 Å². The van der Waals surface area contributed by atoms with Crippen LogP contribution in [0.15, 0.2) is 60.7 Å². The summed E-state index contributed by atoms with van der Waals surface area (Å²) in [5.41, 5.74) is 2.54. The van der Waals surface area contributed by atoms with Crippen LogP contribution in [0.25, 0.3) is 17.0 Å². The average molecular weight is 432 g/mol. The molecule has 0 radical (unpaired) electrons. The standard InChI is InChI=1S/C23H21FN6O2/c24-18-8-2-1-7-17(18)22-28-27-21-11-10-20(29-30(21)22)25-14-15-5-3-6-16(13-15)26-23(31)19-9-4-12-32-19/h1-3,5-8,10-11,13,19H,4,9,12,14H2,(H,25,29)(H,26,31). The summed E-state index contributed by atoms with van der Waals surface area (Å²) in [4.78, 5) is 12.3. The number of rotatable bonds is 6. The Bertz CT molecular complexity index is 1270. The molecule has 1 unspecified atom stereocenters. The third-order valence-electron chi connectivity index (χ3n) is 5.27. The van der Waals surface area contributed by atoms with Gasteiger partial charge in [-0.2, -0.15) is 4.52 Å². The quantitative estimate of drug-likeness (QED) is 0.483. The Kier molecular flexibility index (Phi) is 5.47. The molecule has 1 aliphatic rings. The van der Waals surface area contributed by atoms with Gasteiger partial charge in [-0.15, -0.1) is 15.3 Å². The zero-order valence-corrected chi connectivity index (χ0v) is 17.2. The van der Waals surface area contributed by atoms with Crippen LogP contribution in [-0.2, 0) is 16.1 Å². The second kappa shape index (κ2) is 8.72. The molecular formula is C23H21FN6O2. The lowest BCUT2D eigenvalue weighted by Gasteiger charge is -2.12. The minimum atomic E-state index is -0.385. The molecule has 1 saturated heterocycles. The maximum Gasteiger partial charge on any atom is 0.253 e. The van der Waals surface area contributed by atoms with Crippen molar-refractivity contribution in [2.75, 3.05) is 17.2 Å². The molecule has 1 aliphatic heterocycles. The molecule has 0 aliphatic carbocycles. The molecule has 9 heteroatoms. The van der Waals surface area contributed by atoms with E-state index in [9.17, 15) is 9.18 Å². The fraction of sp³-hybridized carbons (Fsp3) is 0.217. The maximum absolute atomic E-state index is 14.2. The highest BCUT2D eigenvalue weighted by Crippen LogP contribution is 2.22. The van der Waals surface area contributed by atoms with Gasteiger partial charge in [-0.3, -0.25) is 4.79 Å². The van der Waals surface area contributed by atoms with E-state index in [1.54, 1.807) is 30.3 Å². The van der Waals surface area contributed by atoms with Gasteiger partial charge in [0.25, 0.3) is 5.91 Å². The Morgan fingerprint density at radius 1 is 1.12 bits per heavy atom.